The van der Waals surface area contributed by atoms with Crippen molar-refractivity contribution in [2.24, 2.45) is 0 Å². The molecule has 0 amide bonds. The number of hydrogen-bond donors (Lipinski definition) is 1. The smallest absolute Gasteiger partial charge is 0.222 e. The van der Waals surface area contributed by atoms with Crippen molar-refractivity contribution in [2.75, 3.05) is 39.2 Å². The lowest BCUT2D eigenvalue weighted by Gasteiger charge is -2.28. The molecular formula is C18H24N4O2. The first kappa shape index (κ1) is 16.7. The Balaban J connectivity index is 1.56. The van der Waals surface area contributed by atoms with Gasteiger partial charge in [-0.3, -0.25) is 4.90 Å². The van der Waals surface area contributed by atoms with Gasteiger partial charge in [0.15, 0.2) is 0 Å². The van der Waals surface area contributed by atoms with E-state index >= 15 is 0 Å². The Labute approximate surface area is 142 Å². The fourth-order valence-electron chi connectivity index (χ4n) is 2.96. The third-order valence-corrected chi connectivity index (χ3v) is 4.41. The highest BCUT2D eigenvalue weighted by Crippen LogP contribution is 2.27. The second-order valence-corrected chi connectivity index (χ2v) is 6.11. The molecule has 1 atom stereocenters. The maximum Gasteiger partial charge on any atom is 0.222 e. The topological polar surface area (TPSA) is 59.5 Å². The number of aromatic nitrogens is 2. The number of anilines is 1. The summed E-state index contributed by atoms with van der Waals surface area (Å²) < 4.78 is 11.7. The van der Waals surface area contributed by atoms with Crippen LogP contribution in [0.15, 0.2) is 42.7 Å². The zero-order valence-corrected chi connectivity index (χ0v) is 14.2. The standard InChI is InChI=1S/C18H24N4O2/c1-19-17-20-10-15(11-21-17)12-22-9-8-18(13-22,23-2)14-24-16-6-4-3-5-7-16/h3-7,10-11H,8-9,12-14H2,1-2H3,(H,19,20,21)/t18-/m1/s1. The molecule has 0 spiro atoms. The summed E-state index contributed by atoms with van der Waals surface area (Å²) in [5, 5.41) is 2.93. The maximum absolute atomic E-state index is 5.93. The van der Waals surface area contributed by atoms with Crippen LogP contribution in [-0.2, 0) is 11.3 Å². The zero-order chi connectivity index (χ0) is 16.8. The van der Waals surface area contributed by atoms with Crippen molar-refractivity contribution in [2.45, 2.75) is 18.6 Å². The van der Waals surface area contributed by atoms with Crippen LogP contribution in [0.25, 0.3) is 0 Å². The van der Waals surface area contributed by atoms with E-state index in [2.05, 4.69) is 20.2 Å². The Morgan fingerprint density at radius 3 is 2.62 bits per heavy atom. The van der Waals surface area contributed by atoms with Crippen LogP contribution in [0.3, 0.4) is 0 Å². The zero-order valence-electron chi connectivity index (χ0n) is 14.2. The minimum Gasteiger partial charge on any atom is -0.491 e. The molecular weight excluding hydrogens is 304 g/mol. The van der Waals surface area contributed by atoms with E-state index in [0.29, 0.717) is 12.6 Å². The number of nitrogens with one attached hydrogen (secondary N) is 1. The Hall–Kier alpha value is -2.18. The molecule has 0 saturated carbocycles. The van der Waals surface area contributed by atoms with Gasteiger partial charge in [0.2, 0.25) is 5.95 Å². The lowest BCUT2D eigenvalue weighted by atomic mass is 10.0. The average Bonchev–Trinajstić information content (AvgIpc) is 3.05. The predicted molar refractivity (Wildman–Crippen MR) is 93.1 cm³/mol. The Bertz CT molecular complexity index is 635. The van der Waals surface area contributed by atoms with Crippen LogP contribution in [0.5, 0.6) is 5.75 Å². The molecule has 1 N–H and O–H groups in total. The van der Waals surface area contributed by atoms with Crippen molar-refractivity contribution in [3.63, 3.8) is 0 Å². The number of benzene rings is 1. The molecule has 128 valence electrons. The summed E-state index contributed by atoms with van der Waals surface area (Å²) in [7, 11) is 3.58. The fraction of sp³-hybridized carbons (Fsp3) is 0.444. The largest absolute Gasteiger partial charge is 0.491 e. The van der Waals surface area contributed by atoms with Gasteiger partial charge >= 0.3 is 0 Å². The van der Waals surface area contributed by atoms with E-state index in [1.54, 1.807) is 7.11 Å². The lowest BCUT2D eigenvalue weighted by molar-refractivity contribution is -0.0359. The van der Waals surface area contributed by atoms with E-state index in [1.807, 2.05) is 49.8 Å². The van der Waals surface area contributed by atoms with E-state index in [1.165, 1.54) is 0 Å². The molecule has 0 unspecified atom stereocenters. The van der Waals surface area contributed by atoms with Gasteiger partial charge in [-0.2, -0.15) is 0 Å². The van der Waals surface area contributed by atoms with Gasteiger partial charge in [0.05, 0.1) is 0 Å². The van der Waals surface area contributed by atoms with Gasteiger partial charge in [-0.1, -0.05) is 18.2 Å². The molecule has 0 aliphatic carbocycles. The third kappa shape index (κ3) is 4.01. The van der Waals surface area contributed by atoms with Gasteiger partial charge in [0, 0.05) is 51.7 Å². The highest BCUT2D eigenvalue weighted by atomic mass is 16.5. The summed E-state index contributed by atoms with van der Waals surface area (Å²) in [6.07, 6.45) is 4.68. The quantitative estimate of drug-likeness (QED) is 0.841. The molecule has 1 saturated heterocycles. The van der Waals surface area contributed by atoms with Crippen LogP contribution in [-0.4, -0.2) is 54.3 Å². The van der Waals surface area contributed by atoms with Crippen LogP contribution < -0.4 is 10.1 Å². The monoisotopic (exact) mass is 328 g/mol. The summed E-state index contributed by atoms with van der Waals surface area (Å²) in [5.41, 5.74) is 0.839. The van der Waals surface area contributed by atoms with E-state index in [4.69, 9.17) is 9.47 Å². The number of para-hydroxylation sites is 1. The van der Waals surface area contributed by atoms with Crippen LogP contribution in [0.1, 0.15) is 12.0 Å². The number of methoxy groups -OCH3 is 1. The van der Waals surface area contributed by atoms with Crippen molar-refractivity contribution >= 4 is 5.95 Å². The number of nitrogens with zero attached hydrogens (tertiary/aromatic N) is 3. The molecule has 6 nitrogen and oxygen atoms in total. The second-order valence-electron chi connectivity index (χ2n) is 6.11. The number of hydrogen-bond acceptors (Lipinski definition) is 6. The fourth-order valence-corrected chi connectivity index (χ4v) is 2.96. The van der Waals surface area contributed by atoms with Crippen molar-refractivity contribution < 1.29 is 9.47 Å². The molecule has 1 fully saturated rings. The minimum absolute atomic E-state index is 0.262. The van der Waals surface area contributed by atoms with Crippen molar-refractivity contribution in [1.29, 1.82) is 0 Å². The minimum atomic E-state index is -0.262. The molecule has 24 heavy (non-hydrogen) atoms. The summed E-state index contributed by atoms with van der Waals surface area (Å²) in [5.74, 6) is 1.52. The van der Waals surface area contributed by atoms with Crippen molar-refractivity contribution in [3.8, 4) is 5.75 Å². The Kier molecular flexibility index (Phi) is 5.27. The molecule has 2 aromatic rings. The molecule has 2 heterocycles. The first-order valence-electron chi connectivity index (χ1n) is 8.17. The normalized spacial score (nSPS) is 20.9. The Morgan fingerprint density at radius 1 is 1.21 bits per heavy atom. The summed E-state index contributed by atoms with van der Waals surface area (Å²) in [6.45, 7) is 3.18. The van der Waals surface area contributed by atoms with Crippen LogP contribution in [0, 0.1) is 0 Å². The lowest BCUT2D eigenvalue weighted by Crippen LogP contribution is -2.41. The maximum atomic E-state index is 5.93. The number of ether oxygens (including phenoxy) is 2. The van der Waals surface area contributed by atoms with Gasteiger partial charge in [0.1, 0.15) is 18.0 Å². The van der Waals surface area contributed by atoms with Crippen LogP contribution >= 0.6 is 0 Å². The first-order chi connectivity index (χ1) is 11.7. The number of rotatable bonds is 7. The highest BCUT2D eigenvalue weighted by Gasteiger charge is 2.39. The Morgan fingerprint density at radius 2 is 1.96 bits per heavy atom. The molecule has 1 aliphatic heterocycles. The number of likely N-dealkylation sites (tertiary alicyclic amines) is 1. The van der Waals surface area contributed by atoms with Gasteiger partial charge in [-0.05, 0) is 18.6 Å². The molecule has 0 radical (unpaired) electrons. The first-order valence-corrected chi connectivity index (χ1v) is 8.17. The molecule has 1 aliphatic rings. The second kappa shape index (κ2) is 7.59. The van der Waals surface area contributed by atoms with Crippen LogP contribution in [0.2, 0.25) is 0 Å². The molecule has 3 rings (SSSR count). The summed E-state index contributed by atoms with van der Waals surface area (Å²) in [6, 6.07) is 9.88. The van der Waals surface area contributed by atoms with Gasteiger partial charge in [-0.15, -0.1) is 0 Å². The van der Waals surface area contributed by atoms with E-state index in [-0.39, 0.29) is 5.60 Å². The highest BCUT2D eigenvalue weighted by molar-refractivity contribution is 5.23. The van der Waals surface area contributed by atoms with E-state index in [0.717, 1.165) is 37.4 Å². The predicted octanol–water partition coefficient (Wildman–Crippen LogP) is 2.19. The van der Waals surface area contributed by atoms with Crippen molar-refractivity contribution in [3.05, 3.63) is 48.3 Å². The van der Waals surface area contributed by atoms with Crippen LogP contribution in [0.4, 0.5) is 5.95 Å². The summed E-state index contributed by atoms with van der Waals surface area (Å²) >= 11 is 0. The van der Waals surface area contributed by atoms with E-state index in [9.17, 15) is 0 Å². The van der Waals surface area contributed by atoms with Gasteiger partial charge < -0.3 is 14.8 Å². The molecule has 1 aromatic carbocycles. The third-order valence-electron chi connectivity index (χ3n) is 4.41. The van der Waals surface area contributed by atoms with Gasteiger partial charge in [0.25, 0.3) is 0 Å². The van der Waals surface area contributed by atoms with Crippen molar-refractivity contribution in [1.82, 2.24) is 14.9 Å². The SMILES string of the molecule is CNc1ncc(CN2CC[C@@](COc3ccccc3)(OC)C2)cn1. The average molecular weight is 328 g/mol. The molecule has 0 bridgehead atoms. The van der Waals surface area contributed by atoms with Gasteiger partial charge in [-0.25, -0.2) is 9.97 Å². The molecule has 6 heteroatoms. The molecule has 1 aromatic heterocycles. The summed E-state index contributed by atoms with van der Waals surface area (Å²) in [4.78, 5) is 10.9. The van der Waals surface area contributed by atoms with E-state index < -0.39 is 0 Å².